The molecule has 3 N–H and O–H groups in total. The van der Waals surface area contributed by atoms with Gasteiger partial charge in [0.05, 0.1) is 10.5 Å². The smallest absolute Gasteiger partial charge is 0.276 e. The Kier molecular flexibility index (Phi) is 6.10. The summed E-state index contributed by atoms with van der Waals surface area (Å²) in [5.74, 6) is -0.735. The number of nitrogens with one attached hydrogen (secondary N) is 3. The Morgan fingerprint density at radius 2 is 1.92 bits per heavy atom. The zero-order chi connectivity index (χ0) is 19.1. The number of rotatable bonds is 6. The van der Waals surface area contributed by atoms with Crippen LogP contribution in [0.15, 0.2) is 42.5 Å². The molecule has 2 amide bonds. The van der Waals surface area contributed by atoms with Gasteiger partial charge in [-0.3, -0.25) is 30.6 Å². The highest BCUT2D eigenvalue weighted by molar-refractivity contribution is 6.01. The highest BCUT2D eigenvalue weighted by Crippen LogP contribution is 2.21. The maximum atomic E-state index is 12.2. The lowest BCUT2D eigenvalue weighted by molar-refractivity contribution is -0.384. The topological polar surface area (TPSA) is 123 Å². The molecule has 0 fully saturated rings. The molecule has 136 valence electrons. The first-order chi connectivity index (χ1) is 12.4. The number of nitro groups is 1. The normalized spacial score (nSPS) is 9.92. The van der Waals surface area contributed by atoms with E-state index in [1.807, 2.05) is 13.0 Å². The quantitative estimate of drug-likeness (QED) is 0.534. The molecule has 0 aliphatic carbocycles. The molecule has 0 aliphatic rings. The van der Waals surface area contributed by atoms with Crippen LogP contribution in [0, 0.1) is 17.0 Å². The second kappa shape index (κ2) is 8.47. The molecule has 9 heteroatoms. The van der Waals surface area contributed by atoms with Gasteiger partial charge in [-0.05, 0) is 30.7 Å². The van der Waals surface area contributed by atoms with Crippen LogP contribution in [0.1, 0.15) is 15.9 Å². The molecule has 2 aromatic carbocycles. The lowest BCUT2D eigenvalue weighted by atomic mass is 10.1. The average molecular weight is 358 g/mol. The van der Waals surface area contributed by atoms with Crippen molar-refractivity contribution in [1.82, 2.24) is 10.9 Å². The van der Waals surface area contributed by atoms with Gasteiger partial charge in [0, 0.05) is 24.9 Å². The van der Waals surface area contributed by atoms with Crippen LogP contribution in [0.2, 0.25) is 0 Å². The monoisotopic (exact) mass is 358 g/mol. The van der Waals surface area contributed by atoms with Crippen LogP contribution in [-0.4, -0.2) is 30.4 Å². The standard InChI is InChI=1S/C17H18N4O5/c1-11-4-3-5-13(8-11)26-10-16(22)19-20-17(23)14-9-12(21(24)25)6-7-15(14)18-2/h3-9,18H,10H2,1-2H3,(H,19,22)(H,20,23). The molecule has 2 aromatic rings. The molecule has 0 heterocycles. The summed E-state index contributed by atoms with van der Waals surface area (Å²) in [4.78, 5) is 34.2. The summed E-state index contributed by atoms with van der Waals surface area (Å²) in [5.41, 5.74) is 5.58. The predicted molar refractivity (Wildman–Crippen MR) is 94.9 cm³/mol. The van der Waals surface area contributed by atoms with Gasteiger partial charge in [0.1, 0.15) is 5.75 Å². The second-order valence-corrected chi connectivity index (χ2v) is 5.34. The SMILES string of the molecule is CNc1ccc([N+](=O)[O-])cc1C(=O)NNC(=O)COc1cccc(C)c1. The van der Waals surface area contributed by atoms with Gasteiger partial charge >= 0.3 is 0 Å². The van der Waals surface area contributed by atoms with E-state index in [1.54, 1.807) is 25.2 Å². The van der Waals surface area contributed by atoms with Gasteiger partial charge < -0.3 is 10.1 Å². The van der Waals surface area contributed by atoms with E-state index in [9.17, 15) is 19.7 Å². The second-order valence-electron chi connectivity index (χ2n) is 5.34. The highest BCUT2D eigenvalue weighted by atomic mass is 16.6. The van der Waals surface area contributed by atoms with Crippen LogP contribution < -0.4 is 20.9 Å². The van der Waals surface area contributed by atoms with Crippen molar-refractivity contribution in [3.8, 4) is 5.75 Å². The average Bonchev–Trinajstić information content (AvgIpc) is 2.63. The minimum atomic E-state index is -0.693. The number of non-ortho nitro benzene ring substituents is 1. The summed E-state index contributed by atoms with van der Waals surface area (Å²) in [7, 11) is 1.58. The van der Waals surface area contributed by atoms with E-state index < -0.39 is 16.7 Å². The number of amides is 2. The number of hydrogen-bond donors (Lipinski definition) is 3. The summed E-state index contributed by atoms with van der Waals surface area (Å²) in [6.07, 6.45) is 0. The number of ether oxygens (including phenoxy) is 1. The number of benzene rings is 2. The van der Waals surface area contributed by atoms with E-state index >= 15 is 0 Å². The molecular formula is C17H18N4O5. The predicted octanol–water partition coefficient (Wildman–Crippen LogP) is 1.78. The third-order valence-electron chi connectivity index (χ3n) is 3.40. The minimum absolute atomic E-state index is 0.0293. The first-order valence-corrected chi connectivity index (χ1v) is 7.65. The van der Waals surface area contributed by atoms with E-state index in [0.29, 0.717) is 11.4 Å². The van der Waals surface area contributed by atoms with Gasteiger partial charge in [-0.15, -0.1) is 0 Å². The fourth-order valence-corrected chi connectivity index (χ4v) is 2.14. The number of hydrogen-bond acceptors (Lipinski definition) is 6. The van der Waals surface area contributed by atoms with Crippen LogP contribution in [0.4, 0.5) is 11.4 Å². The third-order valence-corrected chi connectivity index (χ3v) is 3.40. The molecule has 26 heavy (non-hydrogen) atoms. The van der Waals surface area contributed by atoms with Crippen molar-refractivity contribution < 1.29 is 19.2 Å². The van der Waals surface area contributed by atoms with Gasteiger partial charge in [0.15, 0.2) is 6.61 Å². The van der Waals surface area contributed by atoms with Crippen molar-refractivity contribution in [2.24, 2.45) is 0 Å². The van der Waals surface area contributed by atoms with Gasteiger partial charge in [-0.1, -0.05) is 12.1 Å². The van der Waals surface area contributed by atoms with Gasteiger partial charge in [-0.2, -0.15) is 0 Å². The fourth-order valence-electron chi connectivity index (χ4n) is 2.14. The number of aryl methyl sites for hydroxylation is 1. The minimum Gasteiger partial charge on any atom is -0.484 e. The van der Waals surface area contributed by atoms with Crippen molar-refractivity contribution >= 4 is 23.2 Å². The molecule has 0 radical (unpaired) electrons. The molecular weight excluding hydrogens is 340 g/mol. The van der Waals surface area contributed by atoms with Crippen molar-refractivity contribution in [3.63, 3.8) is 0 Å². The summed E-state index contributed by atoms with van der Waals surface area (Å²) in [6.45, 7) is 1.60. The zero-order valence-electron chi connectivity index (χ0n) is 14.2. The van der Waals surface area contributed by atoms with E-state index in [0.717, 1.165) is 11.6 Å². The molecule has 0 aliphatic heterocycles. The number of nitrogens with zero attached hydrogens (tertiary/aromatic N) is 1. The van der Waals surface area contributed by atoms with E-state index in [4.69, 9.17) is 4.74 Å². The van der Waals surface area contributed by atoms with Crippen molar-refractivity contribution in [1.29, 1.82) is 0 Å². The number of nitro benzene ring substituents is 1. The Morgan fingerprint density at radius 1 is 1.15 bits per heavy atom. The first-order valence-electron chi connectivity index (χ1n) is 7.65. The van der Waals surface area contributed by atoms with Crippen molar-refractivity contribution in [2.45, 2.75) is 6.92 Å². The summed E-state index contributed by atoms with van der Waals surface area (Å²) < 4.78 is 5.32. The lowest BCUT2D eigenvalue weighted by Crippen LogP contribution is -2.44. The lowest BCUT2D eigenvalue weighted by Gasteiger charge is -2.11. The van der Waals surface area contributed by atoms with Gasteiger partial charge in [0.2, 0.25) is 0 Å². The summed E-state index contributed by atoms with van der Waals surface area (Å²) in [6, 6.07) is 11.0. The summed E-state index contributed by atoms with van der Waals surface area (Å²) >= 11 is 0. The molecule has 0 spiro atoms. The molecule has 2 rings (SSSR count). The molecule has 0 atom stereocenters. The zero-order valence-corrected chi connectivity index (χ0v) is 14.2. The first kappa shape index (κ1) is 18.7. The van der Waals surface area contributed by atoms with Crippen LogP contribution >= 0.6 is 0 Å². The maximum Gasteiger partial charge on any atom is 0.276 e. The molecule has 0 unspecified atom stereocenters. The van der Waals surface area contributed by atoms with E-state index in [1.165, 1.54) is 12.1 Å². The van der Waals surface area contributed by atoms with Crippen LogP contribution in [0.3, 0.4) is 0 Å². The Balaban J connectivity index is 1.94. The number of carbonyl (C=O) groups is 2. The van der Waals surface area contributed by atoms with Gasteiger partial charge in [-0.25, -0.2) is 0 Å². The fraction of sp³-hybridized carbons (Fsp3) is 0.176. The van der Waals surface area contributed by atoms with Crippen LogP contribution in [-0.2, 0) is 4.79 Å². The number of anilines is 1. The van der Waals surface area contributed by atoms with Crippen LogP contribution in [0.5, 0.6) is 5.75 Å². The Bertz CT molecular complexity index is 838. The number of hydrazine groups is 1. The molecule has 9 nitrogen and oxygen atoms in total. The Morgan fingerprint density at radius 3 is 2.58 bits per heavy atom. The number of carbonyl (C=O) groups excluding carboxylic acids is 2. The highest BCUT2D eigenvalue weighted by Gasteiger charge is 2.16. The van der Waals surface area contributed by atoms with E-state index in [-0.39, 0.29) is 17.9 Å². The van der Waals surface area contributed by atoms with Gasteiger partial charge in [0.25, 0.3) is 17.5 Å². The third kappa shape index (κ3) is 4.94. The van der Waals surface area contributed by atoms with Crippen LogP contribution in [0.25, 0.3) is 0 Å². The molecule has 0 saturated carbocycles. The Labute approximate surface area is 149 Å². The largest absolute Gasteiger partial charge is 0.484 e. The maximum absolute atomic E-state index is 12.2. The van der Waals surface area contributed by atoms with Crippen molar-refractivity contribution in [2.75, 3.05) is 19.0 Å². The van der Waals surface area contributed by atoms with Crippen molar-refractivity contribution in [3.05, 3.63) is 63.7 Å². The molecule has 0 bridgehead atoms. The molecule has 0 aromatic heterocycles. The summed E-state index contributed by atoms with van der Waals surface area (Å²) in [5, 5.41) is 13.6. The molecule has 0 saturated heterocycles. The van der Waals surface area contributed by atoms with E-state index in [2.05, 4.69) is 16.2 Å². The Hall–Kier alpha value is -3.62.